The summed E-state index contributed by atoms with van der Waals surface area (Å²) in [5.41, 5.74) is 5.76. The lowest BCUT2D eigenvalue weighted by molar-refractivity contribution is 0.315. The number of pyridine rings is 1. The second-order valence-electron chi connectivity index (χ2n) is 5.04. The quantitative estimate of drug-likeness (QED) is 0.751. The zero-order chi connectivity index (χ0) is 16.4. The maximum atomic E-state index is 13.4. The lowest BCUT2D eigenvalue weighted by Gasteiger charge is -2.05. The van der Waals surface area contributed by atoms with E-state index in [0.29, 0.717) is 11.6 Å². The van der Waals surface area contributed by atoms with Crippen molar-refractivity contribution < 1.29 is 9.13 Å². The van der Waals surface area contributed by atoms with Gasteiger partial charge in [-0.25, -0.2) is 9.37 Å². The molecule has 0 saturated heterocycles. The van der Waals surface area contributed by atoms with Gasteiger partial charge in [0.1, 0.15) is 17.4 Å². The summed E-state index contributed by atoms with van der Waals surface area (Å²) in [6.45, 7) is 3.78. The highest BCUT2D eigenvalue weighted by Crippen LogP contribution is 2.16. The molecule has 3 aromatic rings. The minimum Gasteiger partial charge on any atom is -0.497 e. The van der Waals surface area contributed by atoms with Crippen LogP contribution in [-0.4, -0.2) is 16.7 Å². The molecule has 0 aliphatic heterocycles. The van der Waals surface area contributed by atoms with E-state index in [9.17, 15) is 4.39 Å². The number of rotatable bonds is 3. The molecule has 0 amide bonds. The van der Waals surface area contributed by atoms with Gasteiger partial charge in [-0.15, -0.1) is 0 Å². The van der Waals surface area contributed by atoms with Gasteiger partial charge in [-0.2, -0.15) is 0 Å². The van der Waals surface area contributed by atoms with Crippen molar-refractivity contribution in [2.75, 3.05) is 7.11 Å². The number of hydrogen-bond acceptors (Lipinski definition) is 3. The van der Waals surface area contributed by atoms with Crippen molar-refractivity contribution in [2.45, 2.75) is 0 Å². The molecule has 5 heteroatoms. The fraction of sp³-hybridized carbons (Fsp3) is 0.0556. The number of allylic oxidation sites excluding steroid dienone is 1. The number of nitrogens with two attached hydrogens (primary N) is 1. The molecule has 0 radical (unpaired) electrons. The van der Waals surface area contributed by atoms with Crippen LogP contribution in [0.15, 0.2) is 55.1 Å². The number of ether oxygens (including phenoxy) is 1. The molecule has 0 atom stereocenters. The van der Waals surface area contributed by atoms with Crippen molar-refractivity contribution >= 4 is 23.0 Å². The Morgan fingerprint density at radius 3 is 2.87 bits per heavy atom. The third-order valence-corrected chi connectivity index (χ3v) is 3.61. The summed E-state index contributed by atoms with van der Waals surface area (Å²) < 4.78 is 20.3. The summed E-state index contributed by atoms with van der Waals surface area (Å²) in [5.74, 6) is 0.903. The highest BCUT2D eigenvalue weighted by molar-refractivity contribution is 5.82. The molecule has 23 heavy (non-hydrogen) atoms. The highest BCUT2D eigenvalue weighted by atomic mass is 19.1. The van der Waals surface area contributed by atoms with Crippen LogP contribution in [0.4, 0.5) is 4.39 Å². The predicted octanol–water partition coefficient (Wildman–Crippen LogP) is 1.80. The maximum Gasteiger partial charge on any atom is 0.137 e. The van der Waals surface area contributed by atoms with E-state index in [-0.39, 0.29) is 5.82 Å². The summed E-state index contributed by atoms with van der Waals surface area (Å²) in [7, 11) is 1.56. The molecule has 0 unspecified atom stereocenters. The summed E-state index contributed by atoms with van der Waals surface area (Å²) in [5, 5.41) is 3.27. The number of hydrogen-bond donors (Lipinski definition) is 1. The molecule has 0 saturated carbocycles. The van der Waals surface area contributed by atoms with E-state index in [2.05, 4.69) is 11.6 Å². The van der Waals surface area contributed by atoms with E-state index >= 15 is 0 Å². The molecule has 0 bridgehead atoms. The zero-order valence-corrected chi connectivity index (χ0v) is 12.7. The first-order valence-corrected chi connectivity index (χ1v) is 7.02. The molecule has 2 heterocycles. The van der Waals surface area contributed by atoms with Gasteiger partial charge < -0.3 is 10.5 Å². The molecule has 4 nitrogen and oxygen atoms in total. The summed E-state index contributed by atoms with van der Waals surface area (Å²) in [6, 6.07) is 8.31. The van der Waals surface area contributed by atoms with E-state index < -0.39 is 0 Å². The second-order valence-corrected chi connectivity index (χ2v) is 5.04. The standard InChI is InChI=1S/C18H16FN3O/c1-12(23-2)7-13-5-6-22(17(13)10-20)18-9-15-8-16(19)4-3-14(15)11-21-18/h3-11H,1,20H2,2H3/b13-7-,17-10+. The number of aromatic nitrogens is 2. The largest absolute Gasteiger partial charge is 0.497 e. The van der Waals surface area contributed by atoms with Crippen LogP contribution in [0, 0.1) is 5.82 Å². The van der Waals surface area contributed by atoms with Crippen LogP contribution < -0.4 is 16.3 Å². The monoisotopic (exact) mass is 309 g/mol. The van der Waals surface area contributed by atoms with Crippen molar-refractivity contribution in [3.63, 3.8) is 0 Å². The SMILES string of the molecule is C=C(/C=c1/ccn(-c2cc3cc(F)ccc3cn2)/c1=C/N)OC. The average Bonchev–Trinajstić information content (AvgIpc) is 2.96. The molecule has 0 fully saturated rings. The number of nitrogens with zero attached hydrogens (tertiary/aromatic N) is 2. The van der Waals surface area contributed by atoms with Gasteiger partial charge in [-0.05, 0) is 41.8 Å². The molecular weight excluding hydrogens is 293 g/mol. The Bertz CT molecular complexity index is 1000. The van der Waals surface area contributed by atoms with E-state index in [4.69, 9.17) is 10.5 Å². The Hall–Kier alpha value is -3.08. The Balaban J connectivity index is 2.20. The molecule has 0 aliphatic rings. The number of methoxy groups -OCH3 is 1. The molecule has 116 valence electrons. The van der Waals surface area contributed by atoms with Crippen LogP contribution in [0.1, 0.15) is 0 Å². The van der Waals surface area contributed by atoms with Crippen LogP contribution in [0.25, 0.3) is 28.9 Å². The van der Waals surface area contributed by atoms with Gasteiger partial charge in [0, 0.05) is 29.2 Å². The third-order valence-electron chi connectivity index (χ3n) is 3.61. The minimum atomic E-state index is -0.279. The van der Waals surface area contributed by atoms with Crippen LogP contribution in [-0.2, 0) is 4.74 Å². The summed E-state index contributed by atoms with van der Waals surface area (Å²) in [4.78, 5) is 4.43. The number of fused-ring (bicyclic) bond motifs is 1. The fourth-order valence-corrected chi connectivity index (χ4v) is 2.42. The first-order chi connectivity index (χ1) is 11.1. The predicted molar refractivity (Wildman–Crippen MR) is 89.5 cm³/mol. The molecule has 1 aromatic carbocycles. The third kappa shape index (κ3) is 2.81. The first kappa shape index (κ1) is 14.8. The molecule has 3 rings (SSSR count). The Labute approximate surface area is 132 Å². The minimum absolute atomic E-state index is 0.279. The second kappa shape index (κ2) is 5.96. The molecule has 2 aromatic heterocycles. The lowest BCUT2D eigenvalue weighted by atomic mass is 10.2. The van der Waals surface area contributed by atoms with Gasteiger partial charge in [-0.3, -0.25) is 4.57 Å². The van der Waals surface area contributed by atoms with Crippen molar-refractivity contribution in [2.24, 2.45) is 5.73 Å². The van der Waals surface area contributed by atoms with Gasteiger partial charge in [0.25, 0.3) is 0 Å². The van der Waals surface area contributed by atoms with Gasteiger partial charge in [0.2, 0.25) is 0 Å². The fourth-order valence-electron chi connectivity index (χ4n) is 2.42. The Morgan fingerprint density at radius 2 is 2.13 bits per heavy atom. The summed E-state index contributed by atoms with van der Waals surface area (Å²) in [6.07, 6.45) is 6.84. The van der Waals surface area contributed by atoms with E-state index in [1.807, 2.05) is 22.9 Å². The topological polar surface area (TPSA) is 53.1 Å². The maximum absolute atomic E-state index is 13.4. The lowest BCUT2D eigenvalue weighted by Crippen LogP contribution is -2.30. The van der Waals surface area contributed by atoms with Crippen molar-refractivity contribution in [3.05, 3.63) is 71.4 Å². The Morgan fingerprint density at radius 1 is 1.30 bits per heavy atom. The first-order valence-electron chi connectivity index (χ1n) is 7.02. The van der Waals surface area contributed by atoms with E-state index in [1.54, 1.807) is 25.4 Å². The number of halogens is 1. The molecule has 0 aliphatic carbocycles. The van der Waals surface area contributed by atoms with Gasteiger partial charge in [0.05, 0.1) is 12.5 Å². The van der Waals surface area contributed by atoms with E-state index in [0.717, 1.165) is 21.3 Å². The molecule has 0 spiro atoms. The summed E-state index contributed by atoms with van der Waals surface area (Å²) >= 11 is 0. The van der Waals surface area contributed by atoms with Gasteiger partial charge in [0.15, 0.2) is 0 Å². The molecular formula is C18H16FN3O. The van der Waals surface area contributed by atoms with Crippen LogP contribution >= 0.6 is 0 Å². The normalized spacial score (nSPS) is 12.8. The van der Waals surface area contributed by atoms with Crippen LogP contribution in [0.3, 0.4) is 0 Å². The van der Waals surface area contributed by atoms with Crippen molar-refractivity contribution in [3.8, 4) is 5.82 Å². The van der Waals surface area contributed by atoms with Gasteiger partial charge >= 0.3 is 0 Å². The average molecular weight is 309 g/mol. The Kier molecular flexibility index (Phi) is 3.85. The number of benzene rings is 1. The van der Waals surface area contributed by atoms with Crippen molar-refractivity contribution in [1.82, 2.24) is 9.55 Å². The van der Waals surface area contributed by atoms with Gasteiger partial charge in [-0.1, -0.05) is 6.58 Å². The zero-order valence-electron chi connectivity index (χ0n) is 12.7. The van der Waals surface area contributed by atoms with E-state index in [1.165, 1.54) is 18.3 Å². The van der Waals surface area contributed by atoms with Crippen LogP contribution in [0.5, 0.6) is 0 Å². The molecule has 2 N–H and O–H groups in total. The van der Waals surface area contributed by atoms with Crippen molar-refractivity contribution in [1.29, 1.82) is 0 Å². The van der Waals surface area contributed by atoms with Crippen LogP contribution in [0.2, 0.25) is 0 Å². The smallest absolute Gasteiger partial charge is 0.137 e. The highest BCUT2D eigenvalue weighted by Gasteiger charge is 2.04.